The summed E-state index contributed by atoms with van der Waals surface area (Å²) in [4.78, 5) is 16.2. The first-order valence-corrected chi connectivity index (χ1v) is 7.73. The zero-order valence-electron chi connectivity index (χ0n) is 12.7. The van der Waals surface area contributed by atoms with Gasteiger partial charge in [0.15, 0.2) is 5.76 Å². The van der Waals surface area contributed by atoms with E-state index in [1.807, 2.05) is 31.2 Å². The number of aryl methyl sites for hydroxylation is 1. The summed E-state index contributed by atoms with van der Waals surface area (Å²) in [5, 5.41) is 11.6. The first-order chi connectivity index (χ1) is 11.5. The average Bonchev–Trinajstić information content (AvgIpc) is 2.96. The average molecular weight is 338 g/mol. The number of carbonyl (C=O) groups is 1. The van der Waals surface area contributed by atoms with E-state index in [4.69, 9.17) is 16.0 Å². The quantitative estimate of drug-likeness (QED) is 0.538. The highest BCUT2D eigenvalue weighted by molar-refractivity contribution is 6.31. The molecular weight excluding hydrogens is 326 g/mol. The van der Waals surface area contributed by atoms with Crippen LogP contribution in [0.2, 0.25) is 5.02 Å². The zero-order chi connectivity index (χ0) is 16.8. The Kier molecular flexibility index (Phi) is 3.28. The van der Waals surface area contributed by atoms with Crippen molar-refractivity contribution in [1.29, 1.82) is 0 Å². The van der Waals surface area contributed by atoms with E-state index in [-0.39, 0.29) is 5.56 Å². The molecule has 2 aromatic carbocycles. The van der Waals surface area contributed by atoms with Crippen LogP contribution in [-0.2, 0) is 0 Å². The lowest BCUT2D eigenvalue weighted by molar-refractivity contribution is 0.0699. The molecule has 1 N–H and O–H groups in total. The highest BCUT2D eigenvalue weighted by Crippen LogP contribution is 2.31. The maximum Gasteiger partial charge on any atom is 0.336 e. The molecule has 0 radical (unpaired) electrons. The number of aromatic carboxylic acids is 1. The smallest absolute Gasteiger partial charge is 0.336 e. The predicted octanol–water partition coefficient (Wildman–Crippen LogP) is 5.31. The van der Waals surface area contributed by atoms with Crippen molar-refractivity contribution in [2.75, 3.05) is 0 Å². The fraction of sp³-hybridized carbons (Fsp3) is 0.0526. The minimum atomic E-state index is -0.992. The van der Waals surface area contributed by atoms with Crippen LogP contribution in [0, 0.1) is 6.92 Å². The second kappa shape index (κ2) is 5.35. The number of carboxylic acid groups (broad SMARTS) is 1. The van der Waals surface area contributed by atoms with Crippen molar-refractivity contribution in [3.8, 4) is 11.5 Å². The van der Waals surface area contributed by atoms with Crippen molar-refractivity contribution in [2.45, 2.75) is 6.92 Å². The van der Waals surface area contributed by atoms with Crippen LogP contribution in [0.5, 0.6) is 0 Å². The third kappa shape index (κ3) is 2.41. The molecule has 0 saturated heterocycles. The second-order valence-corrected chi connectivity index (χ2v) is 6.11. The summed E-state index contributed by atoms with van der Waals surface area (Å²) in [6.07, 6.45) is 0. The molecule has 24 heavy (non-hydrogen) atoms. The number of hydrogen-bond donors (Lipinski definition) is 1. The van der Waals surface area contributed by atoms with Crippen LogP contribution >= 0.6 is 11.6 Å². The highest BCUT2D eigenvalue weighted by atomic mass is 35.5. The van der Waals surface area contributed by atoms with Crippen LogP contribution in [0.1, 0.15) is 15.9 Å². The third-order valence-corrected chi connectivity index (χ3v) is 4.16. The molecule has 4 aromatic rings. The van der Waals surface area contributed by atoms with Crippen LogP contribution in [0.15, 0.2) is 52.9 Å². The molecular formula is C19H12ClNO3. The number of hydrogen-bond acceptors (Lipinski definition) is 3. The lowest BCUT2D eigenvalue weighted by Gasteiger charge is -2.06. The van der Waals surface area contributed by atoms with E-state index in [0.717, 1.165) is 10.9 Å². The number of pyridine rings is 1. The van der Waals surface area contributed by atoms with Gasteiger partial charge in [-0.05, 0) is 49.4 Å². The van der Waals surface area contributed by atoms with E-state index in [1.54, 1.807) is 24.3 Å². The van der Waals surface area contributed by atoms with Gasteiger partial charge in [0.2, 0.25) is 0 Å². The Hall–Kier alpha value is -2.85. The Morgan fingerprint density at radius 1 is 1.12 bits per heavy atom. The van der Waals surface area contributed by atoms with Gasteiger partial charge in [-0.2, -0.15) is 0 Å². The maximum absolute atomic E-state index is 11.7. The monoisotopic (exact) mass is 337 g/mol. The van der Waals surface area contributed by atoms with Crippen LogP contribution in [0.3, 0.4) is 0 Å². The molecule has 5 heteroatoms. The van der Waals surface area contributed by atoms with Crippen molar-refractivity contribution in [2.24, 2.45) is 0 Å². The van der Waals surface area contributed by atoms with Gasteiger partial charge < -0.3 is 9.52 Å². The molecule has 0 atom stereocenters. The van der Waals surface area contributed by atoms with E-state index in [0.29, 0.717) is 33.0 Å². The fourth-order valence-electron chi connectivity index (χ4n) is 2.78. The number of carboxylic acids is 1. The summed E-state index contributed by atoms with van der Waals surface area (Å²) >= 11 is 6.00. The van der Waals surface area contributed by atoms with Gasteiger partial charge in [0.05, 0.1) is 11.1 Å². The summed E-state index contributed by atoms with van der Waals surface area (Å²) in [5.74, 6) is -0.481. The molecule has 2 heterocycles. The van der Waals surface area contributed by atoms with Gasteiger partial charge in [-0.1, -0.05) is 23.2 Å². The SMILES string of the molecule is Cc1ccc2nc(-c3cc4cc(Cl)ccc4o3)cc(C(=O)O)c2c1. The Morgan fingerprint density at radius 2 is 1.96 bits per heavy atom. The molecule has 0 amide bonds. The number of nitrogens with zero attached hydrogens (tertiary/aromatic N) is 1. The predicted molar refractivity (Wildman–Crippen MR) is 93.7 cm³/mol. The molecule has 0 aliphatic heterocycles. The first-order valence-electron chi connectivity index (χ1n) is 7.35. The number of halogens is 1. The standard InChI is InChI=1S/C19H12ClNO3/c1-10-2-4-15-13(6-10)14(19(22)23)9-16(21-15)18-8-11-7-12(20)3-5-17(11)24-18/h2-9H,1H3,(H,22,23). The second-order valence-electron chi connectivity index (χ2n) is 5.67. The van der Waals surface area contributed by atoms with Gasteiger partial charge in [-0.25, -0.2) is 9.78 Å². The van der Waals surface area contributed by atoms with Gasteiger partial charge >= 0.3 is 5.97 Å². The summed E-state index contributed by atoms with van der Waals surface area (Å²) < 4.78 is 5.80. The Labute approximate surface area is 142 Å². The van der Waals surface area contributed by atoms with Gasteiger partial charge in [0.25, 0.3) is 0 Å². The lowest BCUT2D eigenvalue weighted by Crippen LogP contribution is -2.00. The molecule has 0 bridgehead atoms. The first kappa shape index (κ1) is 14.7. The molecule has 4 rings (SSSR count). The van der Waals surface area contributed by atoms with Gasteiger partial charge in [0.1, 0.15) is 11.3 Å². The summed E-state index contributed by atoms with van der Waals surface area (Å²) in [5.41, 5.74) is 2.97. The van der Waals surface area contributed by atoms with Crippen molar-refractivity contribution >= 4 is 39.4 Å². The number of furan rings is 1. The minimum absolute atomic E-state index is 0.206. The molecule has 118 valence electrons. The van der Waals surface area contributed by atoms with Crippen molar-refractivity contribution < 1.29 is 14.3 Å². The normalized spacial score (nSPS) is 11.2. The van der Waals surface area contributed by atoms with Crippen LogP contribution in [0.25, 0.3) is 33.3 Å². The number of aromatic nitrogens is 1. The van der Waals surface area contributed by atoms with Gasteiger partial charge in [-0.15, -0.1) is 0 Å². The molecule has 2 aromatic heterocycles. The minimum Gasteiger partial charge on any atom is -0.478 e. The van der Waals surface area contributed by atoms with Crippen molar-refractivity contribution in [3.63, 3.8) is 0 Å². The van der Waals surface area contributed by atoms with E-state index in [2.05, 4.69) is 4.98 Å². The maximum atomic E-state index is 11.7. The number of benzene rings is 2. The zero-order valence-corrected chi connectivity index (χ0v) is 13.5. The Balaban J connectivity index is 1.98. The highest BCUT2D eigenvalue weighted by Gasteiger charge is 2.15. The summed E-state index contributed by atoms with van der Waals surface area (Å²) in [7, 11) is 0. The van der Waals surface area contributed by atoms with Gasteiger partial charge in [-0.3, -0.25) is 0 Å². The van der Waals surface area contributed by atoms with E-state index < -0.39 is 5.97 Å². The van der Waals surface area contributed by atoms with Crippen LogP contribution < -0.4 is 0 Å². The lowest BCUT2D eigenvalue weighted by atomic mass is 10.0. The van der Waals surface area contributed by atoms with Crippen molar-refractivity contribution in [3.05, 3.63) is 64.7 Å². The number of rotatable bonds is 2. The van der Waals surface area contributed by atoms with Gasteiger partial charge in [0, 0.05) is 15.8 Å². The molecule has 0 fully saturated rings. The van der Waals surface area contributed by atoms with E-state index in [1.165, 1.54) is 0 Å². The largest absolute Gasteiger partial charge is 0.478 e. The Morgan fingerprint density at radius 3 is 2.75 bits per heavy atom. The molecule has 4 nitrogen and oxygen atoms in total. The summed E-state index contributed by atoms with van der Waals surface area (Å²) in [6.45, 7) is 1.92. The van der Waals surface area contributed by atoms with E-state index >= 15 is 0 Å². The fourth-order valence-corrected chi connectivity index (χ4v) is 2.96. The van der Waals surface area contributed by atoms with Crippen LogP contribution in [0.4, 0.5) is 0 Å². The molecule has 0 aliphatic carbocycles. The molecule has 0 aliphatic rings. The molecule has 0 spiro atoms. The van der Waals surface area contributed by atoms with Crippen molar-refractivity contribution in [1.82, 2.24) is 4.98 Å². The third-order valence-electron chi connectivity index (χ3n) is 3.93. The van der Waals surface area contributed by atoms with E-state index in [9.17, 15) is 9.90 Å². The Bertz CT molecular complexity index is 1110. The molecule has 0 saturated carbocycles. The number of fused-ring (bicyclic) bond motifs is 2. The van der Waals surface area contributed by atoms with Crippen LogP contribution in [-0.4, -0.2) is 16.1 Å². The topological polar surface area (TPSA) is 63.3 Å². The summed E-state index contributed by atoms with van der Waals surface area (Å²) in [6, 6.07) is 14.2. The molecule has 0 unspecified atom stereocenters.